The maximum Gasteiger partial charge on any atom is 0.416 e. The number of benzene rings is 1. The molecule has 0 aliphatic carbocycles. The Labute approximate surface area is 139 Å². The predicted octanol–water partition coefficient (Wildman–Crippen LogP) is 4.30. The number of ether oxygens (including phenoxy) is 1. The summed E-state index contributed by atoms with van der Waals surface area (Å²) in [5, 5.41) is 0. The fourth-order valence-corrected chi connectivity index (χ4v) is 4.64. The molecule has 0 radical (unpaired) electrons. The van der Waals surface area contributed by atoms with Gasteiger partial charge in [-0.05, 0) is 51.1 Å². The summed E-state index contributed by atoms with van der Waals surface area (Å²) in [6.45, 7) is 6.97. The molecule has 128 valence electrons. The van der Waals surface area contributed by atoms with Crippen LogP contribution in [0.1, 0.15) is 25.8 Å². The normalized spacial score (nSPS) is 21.4. The second-order valence-corrected chi connectivity index (χ2v) is 8.32. The van der Waals surface area contributed by atoms with E-state index in [0.717, 1.165) is 31.8 Å². The van der Waals surface area contributed by atoms with E-state index in [-0.39, 0.29) is 0 Å². The van der Waals surface area contributed by atoms with Crippen molar-refractivity contribution >= 4 is 11.8 Å². The Morgan fingerprint density at radius 3 is 2.30 bits per heavy atom. The molecule has 2 nitrogen and oxygen atoms in total. The zero-order chi connectivity index (χ0) is 16.7. The van der Waals surface area contributed by atoms with Crippen LogP contribution in [-0.2, 0) is 6.18 Å². The molecule has 1 spiro atoms. The minimum atomic E-state index is -4.31. The van der Waals surface area contributed by atoms with E-state index in [4.69, 9.17) is 4.74 Å². The van der Waals surface area contributed by atoms with E-state index in [0.29, 0.717) is 11.2 Å². The van der Waals surface area contributed by atoms with Crippen LogP contribution in [0.4, 0.5) is 13.2 Å². The fraction of sp³-hybridized carbons (Fsp3) is 0.647. The first-order valence-electron chi connectivity index (χ1n) is 7.84. The Morgan fingerprint density at radius 2 is 1.83 bits per heavy atom. The zero-order valence-electron chi connectivity index (χ0n) is 13.4. The average Bonchev–Trinajstić information content (AvgIpc) is 2.81. The summed E-state index contributed by atoms with van der Waals surface area (Å²) in [6.07, 6.45) is -3.06. The molecular weight excluding hydrogens is 323 g/mol. The van der Waals surface area contributed by atoms with Gasteiger partial charge in [-0.25, -0.2) is 0 Å². The van der Waals surface area contributed by atoms with Crippen LogP contribution in [0, 0.1) is 5.41 Å². The van der Waals surface area contributed by atoms with Crippen LogP contribution in [0.5, 0.6) is 5.75 Å². The second kappa shape index (κ2) is 5.88. The standard InChI is InChI=1S/C17H22F3NOS/c1-15(2,9-21-8-7-16(10-21)11-23-12-16)22-14-5-3-13(4-6-14)17(18,19)20/h3-6H,7-12H2,1-2H3. The highest BCUT2D eigenvalue weighted by atomic mass is 32.2. The molecule has 2 aliphatic heterocycles. The van der Waals surface area contributed by atoms with E-state index in [1.807, 2.05) is 25.6 Å². The van der Waals surface area contributed by atoms with Crippen LogP contribution in [0.25, 0.3) is 0 Å². The molecule has 0 bridgehead atoms. The van der Waals surface area contributed by atoms with E-state index in [9.17, 15) is 13.2 Å². The Morgan fingerprint density at radius 1 is 1.17 bits per heavy atom. The van der Waals surface area contributed by atoms with Gasteiger partial charge in [-0.2, -0.15) is 24.9 Å². The summed E-state index contributed by atoms with van der Waals surface area (Å²) in [5.74, 6) is 2.99. The molecule has 0 aromatic heterocycles. The van der Waals surface area contributed by atoms with Gasteiger partial charge in [0.1, 0.15) is 11.4 Å². The monoisotopic (exact) mass is 345 g/mol. The van der Waals surface area contributed by atoms with Crippen molar-refractivity contribution in [2.24, 2.45) is 5.41 Å². The number of hydrogen-bond acceptors (Lipinski definition) is 3. The molecule has 0 N–H and O–H groups in total. The third-order valence-corrected chi connectivity index (χ3v) is 6.15. The van der Waals surface area contributed by atoms with Gasteiger partial charge < -0.3 is 4.74 Å². The third-order valence-electron chi connectivity index (χ3n) is 4.51. The number of nitrogens with zero attached hydrogens (tertiary/aromatic N) is 1. The highest BCUT2D eigenvalue weighted by Crippen LogP contribution is 2.45. The molecule has 2 fully saturated rings. The maximum absolute atomic E-state index is 12.6. The van der Waals surface area contributed by atoms with Crippen LogP contribution in [0.2, 0.25) is 0 Å². The Kier molecular flexibility index (Phi) is 4.34. The molecule has 0 unspecified atom stereocenters. The summed E-state index contributed by atoms with van der Waals surface area (Å²) < 4.78 is 43.7. The summed E-state index contributed by atoms with van der Waals surface area (Å²) in [7, 11) is 0. The lowest BCUT2D eigenvalue weighted by Gasteiger charge is -2.38. The molecule has 3 rings (SSSR count). The maximum atomic E-state index is 12.6. The van der Waals surface area contributed by atoms with Crippen molar-refractivity contribution in [1.82, 2.24) is 4.90 Å². The summed E-state index contributed by atoms with van der Waals surface area (Å²) >= 11 is 2.01. The van der Waals surface area contributed by atoms with Crippen LogP contribution in [-0.4, -0.2) is 41.6 Å². The van der Waals surface area contributed by atoms with E-state index in [2.05, 4.69) is 4.90 Å². The molecule has 1 aromatic carbocycles. The molecule has 2 aliphatic rings. The fourth-order valence-electron chi connectivity index (χ4n) is 3.39. The Bertz CT molecular complexity index is 552. The molecule has 2 saturated heterocycles. The molecular formula is C17H22F3NOS. The number of hydrogen-bond donors (Lipinski definition) is 0. The molecule has 0 atom stereocenters. The number of halogens is 3. The van der Waals surface area contributed by atoms with Gasteiger partial charge in [0.15, 0.2) is 0 Å². The first-order chi connectivity index (χ1) is 10.7. The van der Waals surface area contributed by atoms with Crippen LogP contribution in [0.3, 0.4) is 0 Å². The van der Waals surface area contributed by atoms with Gasteiger partial charge in [0.05, 0.1) is 5.56 Å². The van der Waals surface area contributed by atoms with Crippen molar-refractivity contribution < 1.29 is 17.9 Å². The number of rotatable bonds is 4. The summed E-state index contributed by atoms with van der Waals surface area (Å²) in [5.41, 5.74) is -0.566. The van der Waals surface area contributed by atoms with Crippen molar-refractivity contribution in [3.63, 3.8) is 0 Å². The largest absolute Gasteiger partial charge is 0.487 e. The van der Waals surface area contributed by atoms with E-state index < -0.39 is 17.3 Å². The molecule has 1 aromatic rings. The zero-order valence-corrected chi connectivity index (χ0v) is 14.3. The Balaban J connectivity index is 1.57. The molecule has 23 heavy (non-hydrogen) atoms. The third kappa shape index (κ3) is 3.97. The molecule has 0 saturated carbocycles. The van der Waals surface area contributed by atoms with Gasteiger partial charge in [0, 0.05) is 30.0 Å². The molecule has 0 amide bonds. The average molecular weight is 345 g/mol. The highest BCUT2D eigenvalue weighted by Gasteiger charge is 2.44. The van der Waals surface area contributed by atoms with Crippen molar-refractivity contribution in [1.29, 1.82) is 0 Å². The summed E-state index contributed by atoms with van der Waals surface area (Å²) in [6, 6.07) is 4.95. The van der Waals surface area contributed by atoms with Crippen LogP contribution < -0.4 is 4.74 Å². The van der Waals surface area contributed by atoms with Crippen LogP contribution >= 0.6 is 11.8 Å². The topological polar surface area (TPSA) is 12.5 Å². The van der Waals surface area contributed by atoms with Gasteiger partial charge in [-0.15, -0.1) is 0 Å². The van der Waals surface area contributed by atoms with Gasteiger partial charge in [-0.3, -0.25) is 4.90 Å². The molecule has 6 heteroatoms. The number of thioether (sulfide) groups is 1. The highest BCUT2D eigenvalue weighted by molar-refractivity contribution is 8.00. The lowest BCUT2D eigenvalue weighted by molar-refractivity contribution is -0.137. The first kappa shape index (κ1) is 17.0. The van der Waals surface area contributed by atoms with E-state index in [1.54, 1.807) is 0 Å². The van der Waals surface area contributed by atoms with Gasteiger partial charge in [0.25, 0.3) is 0 Å². The predicted molar refractivity (Wildman–Crippen MR) is 87.0 cm³/mol. The van der Waals surface area contributed by atoms with Gasteiger partial charge in [-0.1, -0.05) is 0 Å². The lowest BCUT2D eigenvalue weighted by Crippen LogP contribution is -2.44. The Hall–Kier alpha value is -0.880. The van der Waals surface area contributed by atoms with Gasteiger partial charge >= 0.3 is 6.18 Å². The first-order valence-corrected chi connectivity index (χ1v) is 9.00. The van der Waals surface area contributed by atoms with Crippen molar-refractivity contribution in [2.75, 3.05) is 31.1 Å². The SMILES string of the molecule is CC(C)(CN1CCC2(CSC2)C1)Oc1ccc(C(F)(F)F)cc1. The molecule has 2 heterocycles. The quantitative estimate of drug-likeness (QED) is 0.807. The van der Waals surface area contributed by atoms with E-state index in [1.165, 1.54) is 30.1 Å². The minimum Gasteiger partial charge on any atom is -0.487 e. The second-order valence-electron chi connectivity index (χ2n) is 7.34. The smallest absolute Gasteiger partial charge is 0.416 e. The van der Waals surface area contributed by atoms with Crippen molar-refractivity contribution in [2.45, 2.75) is 32.0 Å². The minimum absolute atomic E-state index is 0.428. The van der Waals surface area contributed by atoms with Crippen molar-refractivity contribution in [3.8, 4) is 5.75 Å². The number of alkyl halides is 3. The van der Waals surface area contributed by atoms with E-state index >= 15 is 0 Å². The number of likely N-dealkylation sites (tertiary alicyclic amines) is 1. The van der Waals surface area contributed by atoms with Gasteiger partial charge in [0.2, 0.25) is 0 Å². The van der Waals surface area contributed by atoms with Crippen LogP contribution in [0.15, 0.2) is 24.3 Å². The van der Waals surface area contributed by atoms with Crippen molar-refractivity contribution in [3.05, 3.63) is 29.8 Å². The summed E-state index contributed by atoms with van der Waals surface area (Å²) in [4.78, 5) is 2.42. The lowest BCUT2D eigenvalue weighted by atomic mass is 9.91.